The van der Waals surface area contributed by atoms with Crippen molar-refractivity contribution in [2.24, 2.45) is 0 Å². The number of anilines is 1. The predicted molar refractivity (Wildman–Crippen MR) is 149 cm³/mol. The van der Waals surface area contributed by atoms with Crippen molar-refractivity contribution in [3.05, 3.63) is 41.7 Å². The molecule has 0 amide bonds. The number of fused-ring (bicyclic) bond motifs is 4. The standard InChI is InChI=1S/C22H26N10O11P2/c23-18-16-19(26-8-25-18)31(9-27-16)15-5-12(13(42-15)7-39-44(34,35)36)43-45(37,38)40-6-11-1-2-14(41-11)32-10-28-17-20(33)29-22-24-3-4-30(22)21(17)32/h3-4,8-15H,1-2,5-7H2,(H,37,38)(H2,23,25,26)(H,24,29,33)(H2,34,35,36)/t11-,12-,13+,14+,15+/m0/s1. The molecule has 5 aromatic rings. The zero-order valence-electron chi connectivity index (χ0n) is 23.0. The Balaban J connectivity index is 1.03. The van der Waals surface area contributed by atoms with Gasteiger partial charge in [-0.1, -0.05) is 0 Å². The molecule has 0 aromatic carbocycles. The van der Waals surface area contributed by atoms with Crippen molar-refractivity contribution in [2.75, 3.05) is 18.9 Å². The highest BCUT2D eigenvalue weighted by molar-refractivity contribution is 7.47. The van der Waals surface area contributed by atoms with E-state index in [4.69, 9.17) is 24.3 Å². The van der Waals surface area contributed by atoms with Gasteiger partial charge < -0.3 is 29.9 Å². The van der Waals surface area contributed by atoms with E-state index in [-0.39, 0.29) is 24.4 Å². The van der Waals surface area contributed by atoms with Gasteiger partial charge in [0.2, 0.25) is 5.78 Å². The maximum atomic E-state index is 13.0. The third-order valence-electron chi connectivity index (χ3n) is 7.45. The van der Waals surface area contributed by atoms with E-state index in [0.29, 0.717) is 35.4 Å². The zero-order chi connectivity index (χ0) is 31.5. The monoisotopic (exact) mass is 668 g/mol. The van der Waals surface area contributed by atoms with Gasteiger partial charge in [0.1, 0.15) is 36.5 Å². The van der Waals surface area contributed by atoms with E-state index in [1.807, 2.05) is 0 Å². The number of nitrogen functional groups attached to an aromatic ring is 1. The smallest absolute Gasteiger partial charge is 0.382 e. The summed E-state index contributed by atoms with van der Waals surface area (Å²) >= 11 is 0. The number of ether oxygens (including phenoxy) is 2. The topological polar surface area (TPSA) is 279 Å². The van der Waals surface area contributed by atoms with E-state index in [9.17, 15) is 28.6 Å². The van der Waals surface area contributed by atoms with Crippen LogP contribution in [0.2, 0.25) is 0 Å². The Morgan fingerprint density at radius 1 is 0.978 bits per heavy atom. The van der Waals surface area contributed by atoms with E-state index in [1.54, 1.807) is 15.2 Å². The molecule has 5 aromatic heterocycles. The van der Waals surface area contributed by atoms with E-state index in [1.165, 1.54) is 29.7 Å². The molecule has 7 heterocycles. The van der Waals surface area contributed by atoms with Gasteiger partial charge in [0, 0.05) is 18.8 Å². The number of hydrogen-bond donors (Lipinski definition) is 5. The van der Waals surface area contributed by atoms with Crippen molar-refractivity contribution in [2.45, 2.75) is 50.0 Å². The number of H-pyrrole nitrogens is 1. The van der Waals surface area contributed by atoms with Crippen LogP contribution in [0.3, 0.4) is 0 Å². The van der Waals surface area contributed by atoms with E-state index in [0.717, 1.165) is 0 Å². The SMILES string of the molecule is Nc1ncnc2c1ncn2[C@H]1C[C@H](OP(=O)(O)OC[C@@H]2CC[C@H](n3cnc4c(=O)[nH]c5nccn5c43)O2)[C@@H](COP(=O)(O)O)O1. The molecule has 2 aliphatic heterocycles. The quantitative estimate of drug-likeness (QED) is 0.126. The number of nitrogens with zero attached hydrogens (tertiary/aromatic N) is 8. The molecule has 7 rings (SSSR count). The molecule has 2 fully saturated rings. The second-order valence-electron chi connectivity index (χ2n) is 10.3. The summed E-state index contributed by atoms with van der Waals surface area (Å²) in [6.07, 6.45) is 3.77. The summed E-state index contributed by atoms with van der Waals surface area (Å²) in [6, 6.07) is 0. The minimum Gasteiger partial charge on any atom is -0.382 e. The number of rotatable bonds is 10. The number of aromatic amines is 1. The minimum atomic E-state index is -4.91. The van der Waals surface area contributed by atoms with Crippen LogP contribution in [0.1, 0.15) is 31.7 Å². The average molecular weight is 668 g/mol. The lowest BCUT2D eigenvalue weighted by molar-refractivity contribution is -0.0476. The first kappa shape index (κ1) is 30.1. The largest absolute Gasteiger partial charge is 0.472 e. The van der Waals surface area contributed by atoms with Gasteiger partial charge in [-0.2, -0.15) is 0 Å². The molecule has 21 nitrogen and oxygen atoms in total. The summed E-state index contributed by atoms with van der Waals surface area (Å²) in [5, 5.41) is 0. The van der Waals surface area contributed by atoms with Crippen LogP contribution in [0.5, 0.6) is 0 Å². The molecular weight excluding hydrogens is 642 g/mol. The lowest BCUT2D eigenvalue weighted by atomic mass is 10.2. The predicted octanol–water partition coefficient (Wildman–Crippen LogP) is 0.371. The fourth-order valence-corrected chi connectivity index (χ4v) is 6.79. The number of nitrogens with two attached hydrogens (primary N) is 1. The van der Waals surface area contributed by atoms with Crippen molar-refractivity contribution >= 4 is 49.6 Å². The van der Waals surface area contributed by atoms with Crippen LogP contribution in [-0.2, 0) is 32.2 Å². The first-order valence-corrected chi connectivity index (χ1v) is 16.5. The molecule has 0 radical (unpaired) electrons. The van der Waals surface area contributed by atoms with Crippen molar-refractivity contribution in [3.63, 3.8) is 0 Å². The zero-order valence-corrected chi connectivity index (χ0v) is 24.8. The van der Waals surface area contributed by atoms with Gasteiger partial charge in [0.05, 0.1) is 32.0 Å². The van der Waals surface area contributed by atoms with E-state index >= 15 is 0 Å². The normalized spacial score (nSPS) is 25.5. The Morgan fingerprint density at radius 2 is 1.78 bits per heavy atom. The van der Waals surface area contributed by atoms with E-state index in [2.05, 4.69) is 34.4 Å². The highest BCUT2D eigenvalue weighted by Gasteiger charge is 2.43. The number of imidazole rings is 3. The molecule has 0 bridgehead atoms. The highest BCUT2D eigenvalue weighted by atomic mass is 31.2. The van der Waals surface area contributed by atoms with Gasteiger partial charge in [-0.3, -0.25) is 36.9 Å². The van der Waals surface area contributed by atoms with E-state index < -0.39 is 58.6 Å². The van der Waals surface area contributed by atoms with Crippen LogP contribution < -0.4 is 11.3 Å². The maximum absolute atomic E-state index is 13.0. The van der Waals surface area contributed by atoms with Crippen molar-refractivity contribution in [1.29, 1.82) is 0 Å². The molecule has 240 valence electrons. The van der Waals surface area contributed by atoms with Crippen LogP contribution >= 0.6 is 15.6 Å². The maximum Gasteiger partial charge on any atom is 0.472 e. The summed E-state index contributed by atoms with van der Waals surface area (Å²) in [7, 11) is -9.67. The third-order valence-corrected chi connectivity index (χ3v) is 8.95. The van der Waals surface area contributed by atoms with Crippen molar-refractivity contribution in [1.82, 2.24) is 43.4 Å². The number of aromatic nitrogens is 9. The summed E-state index contributed by atoms with van der Waals surface area (Å²) in [5.74, 6) is 0.465. The summed E-state index contributed by atoms with van der Waals surface area (Å²) in [4.78, 5) is 64.6. The number of phosphoric ester groups is 2. The Bertz CT molecular complexity index is 2040. The fourth-order valence-electron chi connectivity index (χ4n) is 5.47. The minimum absolute atomic E-state index is 0.0595. The van der Waals surface area contributed by atoms with Crippen molar-refractivity contribution < 1.29 is 46.9 Å². The number of hydrogen-bond acceptors (Lipinski definition) is 14. The Kier molecular flexibility index (Phi) is 7.56. The molecule has 2 aliphatic rings. The molecule has 6 atom stereocenters. The lowest BCUT2D eigenvalue weighted by Gasteiger charge is -2.22. The molecule has 0 aliphatic carbocycles. The van der Waals surface area contributed by atoms with Gasteiger partial charge in [-0.05, 0) is 12.8 Å². The Hall–Kier alpha value is -3.62. The summed E-state index contributed by atoms with van der Waals surface area (Å²) in [6.45, 7) is -0.977. The van der Waals surface area contributed by atoms with Crippen molar-refractivity contribution in [3.8, 4) is 0 Å². The lowest BCUT2D eigenvalue weighted by Crippen LogP contribution is -2.28. The fraction of sp³-hybridized carbons (Fsp3) is 0.455. The average Bonchev–Trinajstić information content (AvgIpc) is 3.79. The number of nitrogens with one attached hydrogen (secondary N) is 1. The second-order valence-corrected chi connectivity index (χ2v) is 13.0. The van der Waals surface area contributed by atoms with Gasteiger partial charge in [-0.25, -0.2) is 34.0 Å². The van der Waals surface area contributed by atoms with Crippen LogP contribution in [0.25, 0.3) is 28.1 Å². The van der Waals surface area contributed by atoms with Crippen LogP contribution in [-0.4, -0.2) is 89.6 Å². The molecule has 1 unspecified atom stereocenters. The van der Waals surface area contributed by atoms with Gasteiger partial charge in [0.25, 0.3) is 5.56 Å². The highest BCUT2D eigenvalue weighted by Crippen LogP contribution is 2.50. The molecule has 2 saturated heterocycles. The summed E-state index contributed by atoms with van der Waals surface area (Å²) < 4.78 is 56.5. The first-order chi connectivity index (χ1) is 21.5. The van der Waals surface area contributed by atoms with Crippen LogP contribution in [0, 0.1) is 0 Å². The van der Waals surface area contributed by atoms with Gasteiger partial charge in [0.15, 0.2) is 22.6 Å². The Morgan fingerprint density at radius 3 is 2.60 bits per heavy atom. The second kappa shape index (κ2) is 11.3. The molecule has 0 saturated carbocycles. The first-order valence-electron chi connectivity index (χ1n) is 13.5. The molecule has 6 N–H and O–H groups in total. The Labute approximate surface area is 250 Å². The summed E-state index contributed by atoms with van der Waals surface area (Å²) in [5.41, 5.74) is 6.73. The molecule has 45 heavy (non-hydrogen) atoms. The van der Waals surface area contributed by atoms with Crippen LogP contribution in [0.4, 0.5) is 5.82 Å². The van der Waals surface area contributed by atoms with Gasteiger partial charge >= 0.3 is 15.6 Å². The molecular formula is C22H26N10O11P2. The molecule has 23 heteroatoms. The molecule has 0 spiro atoms. The third kappa shape index (κ3) is 5.90. The van der Waals surface area contributed by atoms with Crippen LogP contribution in [0.15, 0.2) is 36.2 Å². The number of phosphoric acid groups is 2. The van der Waals surface area contributed by atoms with Gasteiger partial charge in [-0.15, -0.1) is 0 Å².